The van der Waals surface area contributed by atoms with Crippen LogP contribution in [0.3, 0.4) is 0 Å². The maximum atomic E-state index is 11.0. The lowest BCUT2D eigenvalue weighted by Crippen LogP contribution is -2.14. The van der Waals surface area contributed by atoms with Crippen LogP contribution in [-0.4, -0.2) is 67.7 Å². The first-order valence-electron chi connectivity index (χ1n) is 7.57. The van der Waals surface area contributed by atoms with Crippen LogP contribution in [0.1, 0.15) is 0 Å². The van der Waals surface area contributed by atoms with Crippen molar-refractivity contribution in [3.63, 3.8) is 0 Å². The number of rotatable bonds is 14. The van der Waals surface area contributed by atoms with Crippen LogP contribution in [0.2, 0.25) is 0 Å². The van der Waals surface area contributed by atoms with Crippen molar-refractivity contribution in [1.82, 2.24) is 0 Å². The average molecular weight is 359 g/mol. The van der Waals surface area contributed by atoms with E-state index in [1.165, 1.54) is 12.1 Å². The van der Waals surface area contributed by atoms with Crippen molar-refractivity contribution in [2.75, 3.05) is 58.1 Å². The summed E-state index contributed by atoms with van der Waals surface area (Å²) in [4.78, 5) is 20.3. The molecule has 11 heteroatoms. The van der Waals surface area contributed by atoms with E-state index in [9.17, 15) is 20.2 Å². The molecule has 0 heterocycles. The summed E-state index contributed by atoms with van der Waals surface area (Å²) in [5.41, 5.74) is -0.509. The molecule has 0 aliphatic rings. The first-order valence-corrected chi connectivity index (χ1v) is 7.57. The molecule has 1 rings (SSSR count). The van der Waals surface area contributed by atoms with Crippen molar-refractivity contribution >= 4 is 17.1 Å². The topological polar surface area (TPSA) is 146 Å². The average Bonchev–Trinajstić information content (AvgIpc) is 2.59. The summed E-state index contributed by atoms with van der Waals surface area (Å²) in [7, 11) is 0. The molecule has 0 aliphatic heterocycles. The molecule has 0 aliphatic carbocycles. The van der Waals surface area contributed by atoms with Gasteiger partial charge in [0.2, 0.25) is 0 Å². The molecule has 1 aromatic carbocycles. The highest BCUT2D eigenvalue weighted by Crippen LogP contribution is 2.28. The van der Waals surface area contributed by atoms with Crippen molar-refractivity contribution < 1.29 is 29.2 Å². The molecule has 0 saturated carbocycles. The van der Waals surface area contributed by atoms with Gasteiger partial charge < -0.3 is 24.6 Å². The van der Waals surface area contributed by atoms with E-state index in [1.54, 1.807) is 0 Å². The number of aliphatic hydroxyl groups is 1. The molecule has 0 saturated heterocycles. The van der Waals surface area contributed by atoms with Gasteiger partial charge in [-0.3, -0.25) is 20.2 Å². The lowest BCUT2D eigenvalue weighted by molar-refractivity contribution is -0.393. The van der Waals surface area contributed by atoms with Crippen molar-refractivity contribution in [1.29, 1.82) is 0 Å². The van der Waals surface area contributed by atoms with Gasteiger partial charge in [-0.15, -0.1) is 0 Å². The Labute approximate surface area is 143 Å². The Morgan fingerprint density at radius 3 is 2.08 bits per heavy atom. The molecule has 0 spiro atoms. The first-order chi connectivity index (χ1) is 12.1. The summed E-state index contributed by atoms with van der Waals surface area (Å²) in [6, 6.07) is 3.41. The summed E-state index contributed by atoms with van der Waals surface area (Å²) in [6.45, 7) is 2.37. The molecular formula is C14H21N3O8. The first kappa shape index (κ1) is 20.7. The fraction of sp³-hybridized carbons (Fsp3) is 0.571. The van der Waals surface area contributed by atoms with Crippen molar-refractivity contribution in [2.24, 2.45) is 0 Å². The van der Waals surface area contributed by atoms with Gasteiger partial charge in [0.1, 0.15) is 5.69 Å². The highest BCUT2D eigenvalue weighted by atomic mass is 16.6. The van der Waals surface area contributed by atoms with E-state index in [2.05, 4.69) is 5.32 Å². The molecule has 1 aromatic rings. The number of non-ortho nitro benzene ring substituents is 1. The minimum Gasteiger partial charge on any atom is -0.394 e. The zero-order valence-electron chi connectivity index (χ0n) is 13.6. The van der Waals surface area contributed by atoms with E-state index in [0.717, 1.165) is 6.07 Å². The third kappa shape index (κ3) is 8.35. The molecule has 0 aromatic heterocycles. The van der Waals surface area contributed by atoms with Gasteiger partial charge in [0, 0.05) is 12.6 Å². The number of nitrogens with zero attached hydrogens (tertiary/aromatic N) is 2. The third-order valence-electron chi connectivity index (χ3n) is 2.93. The zero-order chi connectivity index (χ0) is 18.5. The van der Waals surface area contributed by atoms with Crippen molar-refractivity contribution in [2.45, 2.75) is 0 Å². The van der Waals surface area contributed by atoms with Gasteiger partial charge >= 0.3 is 0 Å². The van der Waals surface area contributed by atoms with Crippen LogP contribution in [-0.2, 0) is 14.2 Å². The normalized spacial score (nSPS) is 10.6. The van der Waals surface area contributed by atoms with E-state index in [0.29, 0.717) is 39.6 Å². The highest BCUT2D eigenvalue weighted by Gasteiger charge is 2.18. The van der Waals surface area contributed by atoms with Crippen LogP contribution < -0.4 is 5.32 Å². The SMILES string of the molecule is O=[N+]([O-])c1ccc(NCCOCCOCCOCCO)c([N+](=O)[O-])c1. The molecule has 11 nitrogen and oxygen atoms in total. The molecule has 0 atom stereocenters. The van der Waals surface area contributed by atoms with Gasteiger partial charge in [0.15, 0.2) is 0 Å². The van der Waals surface area contributed by atoms with Crippen LogP contribution in [0.4, 0.5) is 17.1 Å². The van der Waals surface area contributed by atoms with Crippen molar-refractivity contribution in [3.8, 4) is 0 Å². The summed E-state index contributed by atoms with van der Waals surface area (Å²) < 4.78 is 15.5. The molecule has 0 radical (unpaired) electrons. The lowest BCUT2D eigenvalue weighted by atomic mass is 10.2. The largest absolute Gasteiger partial charge is 0.394 e. The summed E-state index contributed by atoms with van der Waals surface area (Å²) in [5, 5.41) is 32.9. The third-order valence-corrected chi connectivity index (χ3v) is 2.93. The van der Waals surface area contributed by atoms with Gasteiger partial charge in [-0.05, 0) is 6.07 Å². The number of nitro benzene ring substituents is 2. The molecule has 2 N–H and O–H groups in total. The number of nitrogens with one attached hydrogen (secondary N) is 1. The Morgan fingerprint density at radius 1 is 0.920 bits per heavy atom. The number of benzene rings is 1. The highest BCUT2D eigenvalue weighted by molar-refractivity contribution is 5.65. The van der Waals surface area contributed by atoms with Gasteiger partial charge in [0.25, 0.3) is 11.4 Å². The van der Waals surface area contributed by atoms with Gasteiger partial charge in [0.05, 0.1) is 62.2 Å². The van der Waals surface area contributed by atoms with Gasteiger partial charge in [-0.25, -0.2) is 0 Å². The fourth-order valence-electron chi connectivity index (χ4n) is 1.80. The maximum Gasteiger partial charge on any atom is 0.299 e. The van der Waals surface area contributed by atoms with E-state index < -0.39 is 9.85 Å². The Hall–Kier alpha value is -2.34. The molecule has 25 heavy (non-hydrogen) atoms. The number of aliphatic hydroxyl groups excluding tert-OH is 1. The second-order valence-corrected chi connectivity index (χ2v) is 4.70. The lowest BCUT2D eigenvalue weighted by Gasteiger charge is -2.08. The minimum atomic E-state index is -0.686. The van der Waals surface area contributed by atoms with E-state index in [1.807, 2.05) is 0 Å². The second kappa shape index (κ2) is 12.1. The molecule has 0 amide bonds. The van der Waals surface area contributed by atoms with Crippen LogP contribution in [0.25, 0.3) is 0 Å². The van der Waals surface area contributed by atoms with Crippen LogP contribution in [0, 0.1) is 20.2 Å². The standard InChI is InChI=1S/C14H21N3O8/c18-4-6-24-8-10-25-9-7-23-5-3-15-13-2-1-12(16(19)20)11-14(13)17(21)22/h1-2,11,15,18H,3-10H2. The van der Waals surface area contributed by atoms with E-state index in [-0.39, 0.29) is 30.3 Å². The number of hydrogen-bond acceptors (Lipinski definition) is 9. The summed E-state index contributed by atoms with van der Waals surface area (Å²) in [6.07, 6.45) is 0. The zero-order valence-corrected chi connectivity index (χ0v) is 13.6. The predicted octanol–water partition coefficient (Wildman–Crippen LogP) is 0.957. The fourth-order valence-corrected chi connectivity index (χ4v) is 1.80. The molecule has 140 valence electrons. The quantitative estimate of drug-likeness (QED) is 0.281. The Bertz CT molecular complexity index is 555. The van der Waals surface area contributed by atoms with Gasteiger partial charge in [-0.2, -0.15) is 0 Å². The maximum absolute atomic E-state index is 11.0. The Balaban J connectivity index is 2.21. The number of nitro groups is 2. The molecule has 0 fully saturated rings. The minimum absolute atomic E-state index is 0.0248. The molecular weight excluding hydrogens is 338 g/mol. The number of ether oxygens (including phenoxy) is 3. The van der Waals surface area contributed by atoms with Crippen LogP contribution >= 0.6 is 0 Å². The van der Waals surface area contributed by atoms with Crippen molar-refractivity contribution in [3.05, 3.63) is 38.4 Å². The summed E-state index contributed by atoms with van der Waals surface area (Å²) >= 11 is 0. The monoisotopic (exact) mass is 359 g/mol. The number of anilines is 1. The smallest absolute Gasteiger partial charge is 0.299 e. The Morgan fingerprint density at radius 2 is 1.52 bits per heavy atom. The van der Waals surface area contributed by atoms with Crippen LogP contribution in [0.5, 0.6) is 0 Å². The van der Waals surface area contributed by atoms with Crippen LogP contribution in [0.15, 0.2) is 18.2 Å². The van der Waals surface area contributed by atoms with E-state index in [4.69, 9.17) is 19.3 Å². The Kier molecular flexibility index (Phi) is 10.0. The summed E-state index contributed by atoms with van der Waals surface area (Å²) in [5.74, 6) is 0. The number of hydrogen-bond donors (Lipinski definition) is 2. The van der Waals surface area contributed by atoms with Gasteiger partial charge in [-0.1, -0.05) is 0 Å². The second-order valence-electron chi connectivity index (χ2n) is 4.70. The predicted molar refractivity (Wildman–Crippen MR) is 87.8 cm³/mol. The molecule has 0 unspecified atom stereocenters. The molecule has 0 bridgehead atoms. The van der Waals surface area contributed by atoms with E-state index >= 15 is 0 Å².